The number of fused-ring (bicyclic) bond motifs is 3. The lowest BCUT2D eigenvalue weighted by Gasteiger charge is -2.36. The molecule has 2 fully saturated rings. The summed E-state index contributed by atoms with van der Waals surface area (Å²) in [7, 11) is 0. The predicted octanol–water partition coefficient (Wildman–Crippen LogP) is 2.05. The van der Waals surface area contributed by atoms with E-state index in [2.05, 4.69) is 15.0 Å². The van der Waals surface area contributed by atoms with Crippen LogP contribution in [0, 0.1) is 5.82 Å². The quantitative estimate of drug-likeness (QED) is 0.294. The molecule has 41 heavy (non-hydrogen) atoms. The molecule has 0 spiro atoms. The van der Waals surface area contributed by atoms with Crippen LogP contribution < -0.4 is 20.2 Å². The molecular formula is C27H28FN7O5S. The number of piperazine rings is 1. The second-order valence-corrected chi connectivity index (χ2v) is 11.1. The van der Waals surface area contributed by atoms with E-state index in [1.54, 1.807) is 29.0 Å². The van der Waals surface area contributed by atoms with E-state index in [1.165, 1.54) is 10.6 Å². The van der Waals surface area contributed by atoms with E-state index in [4.69, 9.17) is 19.6 Å². The highest BCUT2D eigenvalue weighted by Gasteiger charge is 2.28. The maximum Gasteiger partial charge on any atom is 0.309 e. The van der Waals surface area contributed by atoms with Crippen LogP contribution in [-0.2, 0) is 11.3 Å². The van der Waals surface area contributed by atoms with Gasteiger partial charge in [0.1, 0.15) is 34.2 Å². The number of halogens is 1. The standard InChI is InChI=1S/C27H28FN7O5S/c28-17-12-16(40-23-15-38-14-21(23)36)3-4-19(17)33-8-5-32(6-9-33)7-10-34-25-24(41-27(34)37)20-13-18(22-2-1-11-39-22)31-35(20)26(29)30-25/h1-4,11-13,21,23,36H,5-10,14-15H2,(H2,29,30)/t21-,23-/m1/s1. The lowest BCUT2D eigenvalue weighted by atomic mass is 10.2. The van der Waals surface area contributed by atoms with Crippen LogP contribution in [-0.4, -0.2) is 87.3 Å². The summed E-state index contributed by atoms with van der Waals surface area (Å²) >= 11 is 1.12. The predicted molar refractivity (Wildman–Crippen MR) is 151 cm³/mol. The Labute approximate surface area is 236 Å². The number of aliphatic hydroxyl groups excluding tert-OH is 1. The Morgan fingerprint density at radius 3 is 2.73 bits per heavy atom. The van der Waals surface area contributed by atoms with E-state index in [0.717, 1.165) is 29.1 Å². The first-order valence-electron chi connectivity index (χ1n) is 13.4. The van der Waals surface area contributed by atoms with Crippen LogP contribution in [0.5, 0.6) is 5.75 Å². The molecule has 7 rings (SSSR count). The molecule has 214 valence electrons. The zero-order chi connectivity index (χ0) is 28.1. The van der Waals surface area contributed by atoms with Crippen molar-refractivity contribution in [3.05, 3.63) is 58.1 Å². The van der Waals surface area contributed by atoms with Gasteiger partial charge >= 0.3 is 4.87 Å². The van der Waals surface area contributed by atoms with E-state index in [0.29, 0.717) is 60.2 Å². The van der Waals surface area contributed by atoms with E-state index in [9.17, 15) is 14.3 Å². The Balaban J connectivity index is 1.01. The molecule has 0 bridgehead atoms. The second kappa shape index (κ2) is 10.4. The molecule has 2 aliphatic rings. The highest BCUT2D eigenvalue weighted by atomic mass is 32.1. The van der Waals surface area contributed by atoms with Gasteiger partial charge in [0.05, 0.1) is 30.7 Å². The van der Waals surface area contributed by atoms with Gasteiger partial charge in [0.2, 0.25) is 5.95 Å². The number of rotatable bonds is 7. The number of aromatic nitrogens is 4. The number of nitrogens with two attached hydrogens (primary N) is 1. The van der Waals surface area contributed by atoms with Crippen molar-refractivity contribution in [2.24, 2.45) is 0 Å². The average molecular weight is 582 g/mol. The molecule has 6 heterocycles. The minimum Gasteiger partial charge on any atom is -0.485 e. The van der Waals surface area contributed by atoms with Crippen LogP contribution in [0.3, 0.4) is 0 Å². The lowest BCUT2D eigenvalue weighted by Crippen LogP contribution is -2.47. The second-order valence-electron chi connectivity index (χ2n) is 10.1. The van der Waals surface area contributed by atoms with Gasteiger partial charge in [-0.15, -0.1) is 0 Å². The zero-order valence-electron chi connectivity index (χ0n) is 22.0. The van der Waals surface area contributed by atoms with Crippen LogP contribution in [0.25, 0.3) is 27.3 Å². The van der Waals surface area contributed by atoms with E-state index in [1.807, 2.05) is 17.0 Å². The van der Waals surface area contributed by atoms with Crippen molar-refractivity contribution in [3.8, 4) is 17.2 Å². The summed E-state index contributed by atoms with van der Waals surface area (Å²) in [6, 6.07) is 10.2. The number of hydrogen-bond acceptors (Lipinski definition) is 11. The van der Waals surface area contributed by atoms with Crippen LogP contribution in [0.2, 0.25) is 0 Å². The number of hydrogen-bond donors (Lipinski definition) is 2. The fourth-order valence-electron chi connectivity index (χ4n) is 5.37. The third-order valence-electron chi connectivity index (χ3n) is 7.58. The Kier molecular flexibility index (Phi) is 6.61. The van der Waals surface area contributed by atoms with Gasteiger partial charge in [-0.05, 0) is 30.3 Å². The Morgan fingerprint density at radius 1 is 1.15 bits per heavy atom. The number of anilines is 2. The number of nitrogens with zero attached hydrogens (tertiary/aromatic N) is 6. The molecule has 0 unspecified atom stereocenters. The van der Waals surface area contributed by atoms with E-state index >= 15 is 0 Å². The maximum atomic E-state index is 15.0. The summed E-state index contributed by atoms with van der Waals surface area (Å²) in [5.41, 5.74) is 8.59. The number of thiazole rings is 1. The van der Waals surface area contributed by atoms with Crippen LogP contribution in [0.1, 0.15) is 0 Å². The number of nitrogen functional groups attached to an aromatic ring is 1. The average Bonchev–Trinajstić information content (AvgIpc) is 3.76. The molecule has 2 atom stereocenters. The fourth-order valence-corrected chi connectivity index (χ4v) is 6.33. The topological polar surface area (TPSA) is 137 Å². The molecule has 14 heteroatoms. The highest BCUT2D eigenvalue weighted by Crippen LogP contribution is 2.29. The molecule has 4 aromatic heterocycles. The van der Waals surface area contributed by atoms with Crippen molar-refractivity contribution in [1.82, 2.24) is 24.1 Å². The molecule has 12 nitrogen and oxygen atoms in total. The normalized spacial score (nSPS) is 20.0. The maximum absolute atomic E-state index is 15.0. The largest absolute Gasteiger partial charge is 0.485 e. The van der Waals surface area contributed by atoms with Crippen LogP contribution in [0.15, 0.2) is 51.9 Å². The van der Waals surface area contributed by atoms with Gasteiger partial charge in [-0.2, -0.15) is 14.6 Å². The van der Waals surface area contributed by atoms with Crippen molar-refractivity contribution in [1.29, 1.82) is 0 Å². The summed E-state index contributed by atoms with van der Waals surface area (Å²) in [6.45, 7) is 4.32. The third kappa shape index (κ3) is 4.82. The summed E-state index contributed by atoms with van der Waals surface area (Å²) in [6.07, 6.45) is 0.371. The van der Waals surface area contributed by atoms with Gasteiger partial charge in [0.15, 0.2) is 11.4 Å². The molecule has 3 N–H and O–H groups in total. The van der Waals surface area contributed by atoms with Crippen molar-refractivity contribution in [2.45, 2.75) is 18.8 Å². The van der Waals surface area contributed by atoms with Gasteiger partial charge in [-0.3, -0.25) is 14.3 Å². The van der Waals surface area contributed by atoms with Crippen molar-refractivity contribution in [2.75, 3.05) is 56.6 Å². The summed E-state index contributed by atoms with van der Waals surface area (Å²) in [5.74, 6) is 0.797. The zero-order valence-corrected chi connectivity index (χ0v) is 22.8. The first kappa shape index (κ1) is 26.0. The number of benzene rings is 1. The number of aliphatic hydroxyl groups is 1. The van der Waals surface area contributed by atoms with E-state index in [-0.39, 0.29) is 29.9 Å². The first-order valence-corrected chi connectivity index (χ1v) is 14.2. The molecule has 1 aromatic carbocycles. The van der Waals surface area contributed by atoms with Gasteiger partial charge in [-0.25, -0.2) is 4.39 Å². The Bertz CT molecular complexity index is 1760. The van der Waals surface area contributed by atoms with Crippen LogP contribution >= 0.6 is 11.3 Å². The minimum absolute atomic E-state index is 0.111. The smallest absolute Gasteiger partial charge is 0.309 e. The molecule has 5 aromatic rings. The third-order valence-corrected chi connectivity index (χ3v) is 8.57. The summed E-state index contributed by atoms with van der Waals surface area (Å²) in [5, 5.41) is 14.4. The Hall–Kier alpha value is -3.98. The number of ether oxygens (including phenoxy) is 2. The molecule has 2 aliphatic heterocycles. The van der Waals surface area contributed by atoms with Crippen molar-refractivity contribution >= 4 is 38.8 Å². The minimum atomic E-state index is -0.714. The first-order chi connectivity index (χ1) is 19.9. The van der Waals surface area contributed by atoms with Crippen molar-refractivity contribution < 1.29 is 23.4 Å². The van der Waals surface area contributed by atoms with Gasteiger partial charge in [0, 0.05) is 45.3 Å². The molecule has 0 radical (unpaired) electrons. The molecule has 0 amide bonds. The van der Waals surface area contributed by atoms with Gasteiger partial charge < -0.3 is 29.6 Å². The van der Waals surface area contributed by atoms with Crippen molar-refractivity contribution in [3.63, 3.8) is 0 Å². The van der Waals surface area contributed by atoms with Gasteiger partial charge in [-0.1, -0.05) is 11.3 Å². The molecule has 0 saturated carbocycles. The summed E-state index contributed by atoms with van der Waals surface area (Å²) in [4.78, 5) is 21.6. The SMILES string of the molecule is Nc1nc2c(sc(=O)n2CCN2CCN(c3ccc(O[C@@H]4COC[C@H]4O)cc3F)CC2)c2cc(-c3ccco3)nn12. The lowest BCUT2D eigenvalue weighted by molar-refractivity contribution is 0.0731. The monoisotopic (exact) mass is 581 g/mol. The Morgan fingerprint density at radius 2 is 2.00 bits per heavy atom. The summed E-state index contributed by atoms with van der Waals surface area (Å²) < 4.78 is 35.2. The van der Waals surface area contributed by atoms with Gasteiger partial charge in [0.25, 0.3) is 0 Å². The highest BCUT2D eigenvalue weighted by molar-refractivity contribution is 7.17. The molecule has 0 aliphatic carbocycles. The number of furan rings is 1. The fraction of sp³-hybridized carbons (Fsp3) is 0.370. The van der Waals surface area contributed by atoms with E-state index < -0.39 is 12.2 Å². The van der Waals surface area contributed by atoms with Crippen LogP contribution in [0.4, 0.5) is 16.0 Å². The molecule has 2 saturated heterocycles. The molecular weight excluding hydrogens is 553 g/mol.